The van der Waals surface area contributed by atoms with Gasteiger partial charge < -0.3 is 5.11 Å². The van der Waals surface area contributed by atoms with Crippen LogP contribution in [0.2, 0.25) is 19.6 Å². The number of hydrogen-bond acceptors (Lipinski definition) is 1. The molecule has 0 aromatic heterocycles. The summed E-state index contributed by atoms with van der Waals surface area (Å²) in [5, 5.41) is 10.2. The van der Waals surface area contributed by atoms with E-state index in [9.17, 15) is 5.11 Å². The molecule has 1 saturated carbocycles. The fraction of sp³-hybridized carbons (Fsp3) is 1.00. The van der Waals surface area contributed by atoms with Crippen molar-refractivity contribution in [1.82, 2.24) is 0 Å². The van der Waals surface area contributed by atoms with Crippen molar-refractivity contribution in [2.45, 2.75) is 63.9 Å². The Morgan fingerprint density at radius 2 is 1.54 bits per heavy atom. The van der Waals surface area contributed by atoms with E-state index in [-0.39, 0.29) is 5.22 Å². The molecule has 0 bridgehead atoms. The summed E-state index contributed by atoms with van der Waals surface area (Å²) in [6.45, 7) is 8.92. The van der Waals surface area contributed by atoms with Crippen molar-refractivity contribution in [3.05, 3.63) is 0 Å². The van der Waals surface area contributed by atoms with Crippen LogP contribution >= 0.6 is 0 Å². The van der Waals surface area contributed by atoms with Crippen LogP contribution < -0.4 is 0 Å². The highest BCUT2D eigenvalue weighted by atomic mass is 28.3. The Balaban J connectivity index is 2.67. The van der Waals surface area contributed by atoms with E-state index in [0.717, 1.165) is 0 Å². The number of hydrogen-bond donors (Lipinski definition) is 1. The second-order valence-corrected chi connectivity index (χ2v) is 11.2. The van der Waals surface area contributed by atoms with Gasteiger partial charge in [-0.05, 0) is 25.7 Å². The first kappa shape index (κ1) is 11.3. The van der Waals surface area contributed by atoms with Crippen LogP contribution in [-0.2, 0) is 0 Å². The second-order valence-electron chi connectivity index (χ2n) is 5.73. The molecular weight excluding hydrogens is 176 g/mol. The van der Waals surface area contributed by atoms with E-state index in [0.29, 0.717) is 5.92 Å². The highest BCUT2D eigenvalue weighted by molar-refractivity contribution is 6.78. The van der Waals surface area contributed by atoms with Gasteiger partial charge in [0.2, 0.25) is 0 Å². The van der Waals surface area contributed by atoms with Crippen LogP contribution in [0.1, 0.15) is 39.0 Å². The molecule has 1 rings (SSSR count). The van der Waals surface area contributed by atoms with Crippen LogP contribution in [0.5, 0.6) is 0 Å². The normalized spacial score (nSPS) is 25.6. The van der Waals surface area contributed by atoms with Gasteiger partial charge in [0.1, 0.15) is 0 Å². The van der Waals surface area contributed by atoms with Gasteiger partial charge in [-0.3, -0.25) is 0 Å². The minimum Gasteiger partial charge on any atom is -0.393 e. The Hall–Kier alpha value is 0.177. The molecule has 1 atom stereocenters. The van der Waals surface area contributed by atoms with Crippen LogP contribution in [0.15, 0.2) is 0 Å². The van der Waals surface area contributed by atoms with E-state index in [1.165, 1.54) is 32.1 Å². The lowest BCUT2D eigenvalue weighted by Gasteiger charge is -2.44. The summed E-state index contributed by atoms with van der Waals surface area (Å²) in [5.41, 5.74) is 0. The molecule has 0 aromatic carbocycles. The van der Waals surface area contributed by atoms with Gasteiger partial charge in [-0.1, -0.05) is 38.9 Å². The third kappa shape index (κ3) is 2.35. The van der Waals surface area contributed by atoms with Gasteiger partial charge in [0.15, 0.2) is 0 Å². The average molecular weight is 200 g/mol. The minimum absolute atomic E-state index is 0.354. The largest absolute Gasteiger partial charge is 0.393 e. The molecule has 0 heterocycles. The van der Waals surface area contributed by atoms with Crippen molar-refractivity contribution in [3.8, 4) is 0 Å². The van der Waals surface area contributed by atoms with Crippen LogP contribution in [0.4, 0.5) is 0 Å². The fourth-order valence-corrected chi connectivity index (χ4v) is 3.79. The van der Waals surface area contributed by atoms with Crippen LogP contribution in [0, 0.1) is 5.92 Å². The topological polar surface area (TPSA) is 20.2 Å². The molecule has 78 valence electrons. The van der Waals surface area contributed by atoms with Crippen LogP contribution in [-0.4, -0.2) is 18.4 Å². The first-order valence-corrected chi connectivity index (χ1v) is 9.08. The molecule has 1 aliphatic carbocycles. The Bertz CT molecular complexity index is 163. The minimum atomic E-state index is -1.42. The standard InChI is InChI=1S/C11H24OSi/c1-11(12,13(2,3)4)10-8-6-5-7-9-10/h10,12H,5-9H2,1-4H3. The molecule has 1 aliphatic rings. The summed E-state index contributed by atoms with van der Waals surface area (Å²) < 4.78 is 0. The molecule has 0 saturated heterocycles. The van der Waals surface area contributed by atoms with E-state index < -0.39 is 8.07 Å². The third-order valence-corrected chi connectivity index (χ3v) is 7.36. The molecule has 13 heavy (non-hydrogen) atoms. The predicted molar refractivity (Wildman–Crippen MR) is 60.5 cm³/mol. The highest BCUT2D eigenvalue weighted by Crippen LogP contribution is 2.37. The smallest absolute Gasteiger partial charge is 0.0820 e. The first-order valence-electron chi connectivity index (χ1n) is 5.58. The van der Waals surface area contributed by atoms with Crippen molar-refractivity contribution in [3.63, 3.8) is 0 Å². The van der Waals surface area contributed by atoms with E-state index in [2.05, 4.69) is 26.6 Å². The molecule has 0 spiro atoms. The molecule has 0 aliphatic heterocycles. The molecule has 2 heteroatoms. The van der Waals surface area contributed by atoms with E-state index in [1.54, 1.807) is 0 Å². The zero-order valence-corrected chi connectivity index (χ0v) is 10.6. The molecule has 1 fully saturated rings. The molecule has 0 radical (unpaired) electrons. The Labute approximate surface area is 83.6 Å². The zero-order chi connectivity index (χ0) is 10.1. The summed E-state index contributed by atoms with van der Waals surface area (Å²) in [6.07, 6.45) is 6.52. The first-order chi connectivity index (χ1) is 5.86. The van der Waals surface area contributed by atoms with Crippen molar-refractivity contribution in [2.24, 2.45) is 5.92 Å². The van der Waals surface area contributed by atoms with E-state index >= 15 is 0 Å². The molecule has 1 N–H and O–H groups in total. The summed E-state index contributed by atoms with van der Waals surface area (Å²) >= 11 is 0. The Morgan fingerprint density at radius 3 is 1.92 bits per heavy atom. The van der Waals surface area contributed by atoms with Crippen LogP contribution in [0.3, 0.4) is 0 Å². The molecular formula is C11H24OSi. The predicted octanol–water partition coefficient (Wildman–Crippen LogP) is 3.20. The van der Waals surface area contributed by atoms with Gasteiger partial charge in [0, 0.05) is 0 Å². The lowest BCUT2D eigenvalue weighted by Crippen LogP contribution is -2.55. The quantitative estimate of drug-likeness (QED) is 0.679. The summed E-state index contributed by atoms with van der Waals surface area (Å²) in [4.78, 5) is 0. The van der Waals surface area contributed by atoms with Gasteiger partial charge in [0.05, 0.1) is 13.3 Å². The summed E-state index contributed by atoms with van der Waals surface area (Å²) in [7, 11) is -1.42. The third-order valence-electron chi connectivity index (χ3n) is 3.92. The van der Waals surface area contributed by atoms with E-state index in [1.807, 2.05) is 0 Å². The zero-order valence-electron chi connectivity index (χ0n) is 9.56. The molecule has 0 amide bonds. The maximum atomic E-state index is 10.5. The Kier molecular flexibility index (Phi) is 3.23. The number of rotatable bonds is 2. The van der Waals surface area contributed by atoms with Gasteiger partial charge in [-0.25, -0.2) is 0 Å². The maximum Gasteiger partial charge on any atom is 0.0820 e. The van der Waals surface area contributed by atoms with Crippen LogP contribution in [0.25, 0.3) is 0 Å². The maximum absolute atomic E-state index is 10.5. The van der Waals surface area contributed by atoms with Crippen molar-refractivity contribution < 1.29 is 5.11 Å². The lowest BCUT2D eigenvalue weighted by atomic mass is 9.85. The summed E-state index contributed by atoms with van der Waals surface area (Å²) in [6, 6.07) is 0. The summed E-state index contributed by atoms with van der Waals surface area (Å²) in [5.74, 6) is 0.577. The second kappa shape index (κ2) is 3.74. The fourth-order valence-electron chi connectivity index (χ4n) is 2.28. The van der Waals surface area contributed by atoms with Gasteiger partial charge in [0.25, 0.3) is 0 Å². The van der Waals surface area contributed by atoms with Gasteiger partial charge >= 0.3 is 0 Å². The van der Waals surface area contributed by atoms with Gasteiger partial charge in [-0.2, -0.15) is 0 Å². The lowest BCUT2D eigenvalue weighted by molar-refractivity contribution is 0.0489. The molecule has 1 unspecified atom stereocenters. The SMILES string of the molecule is CC(O)(C1CCCCC1)[Si](C)(C)C. The average Bonchev–Trinajstić information content (AvgIpc) is 2.04. The van der Waals surface area contributed by atoms with Crippen molar-refractivity contribution in [2.75, 3.05) is 0 Å². The molecule has 1 nitrogen and oxygen atoms in total. The van der Waals surface area contributed by atoms with Crippen molar-refractivity contribution in [1.29, 1.82) is 0 Å². The van der Waals surface area contributed by atoms with Gasteiger partial charge in [-0.15, -0.1) is 0 Å². The van der Waals surface area contributed by atoms with E-state index in [4.69, 9.17) is 0 Å². The highest BCUT2D eigenvalue weighted by Gasteiger charge is 2.43. The van der Waals surface area contributed by atoms with Crippen molar-refractivity contribution >= 4 is 8.07 Å². The molecule has 0 aromatic rings. The Morgan fingerprint density at radius 1 is 1.08 bits per heavy atom. The number of aliphatic hydroxyl groups is 1. The monoisotopic (exact) mass is 200 g/mol.